The molecule has 2 unspecified atom stereocenters. The van der Waals surface area contributed by atoms with Crippen LogP contribution in [0.15, 0.2) is 30.3 Å². The number of hydrogen-bond donors (Lipinski definition) is 1. The average Bonchev–Trinajstić information content (AvgIpc) is 2.50. The van der Waals surface area contributed by atoms with E-state index >= 15 is 0 Å². The van der Waals surface area contributed by atoms with E-state index in [4.69, 9.17) is 9.72 Å². The predicted molar refractivity (Wildman–Crippen MR) is 86.7 cm³/mol. The lowest BCUT2D eigenvalue weighted by Crippen LogP contribution is -2.47. The van der Waals surface area contributed by atoms with Crippen molar-refractivity contribution >= 4 is 16.7 Å². The Morgan fingerprint density at radius 2 is 2.14 bits per heavy atom. The van der Waals surface area contributed by atoms with Gasteiger partial charge in [0.05, 0.1) is 24.3 Å². The van der Waals surface area contributed by atoms with Crippen LogP contribution in [0.25, 0.3) is 10.9 Å². The molecule has 0 bridgehead atoms. The minimum Gasteiger partial charge on any atom is -0.375 e. The number of ether oxygens (including phenoxy) is 1. The van der Waals surface area contributed by atoms with Gasteiger partial charge in [-0.2, -0.15) is 0 Å². The Labute approximate surface area is 126 Å². The molecule has 21 heavy (non-hydrogen) atoms. The van der Waals surface area contributed by atoms with Gasteiger partial charge in [-0.1, -0.05) is 18.2 Å². The first-order valence-electron chi connectivity index (χ1n) is 7.60. The summed E-state index contributed by atoms with van der Waals surface area (Å²) in [4.78, 5) is 7.23. The van der Waals surface area contributed by atoms with Crippen molar-refractivity contribution in [3.05, 3.63) is 35.9 Å². The molecule has 112 valence electrons. The quantitative estimate of drug-likeness (QED) is 0.940. The third-order valence-electron chi connectivity index (χ3n) is 4.06. The molecule has 1 aromatic carbocycles. The molecule has 1 saturated heterocycles. The molecule has 0 radical (unpaired) electrons. The Balaban J connectivity index is 2.05. The van der Waals surface area contributed by atoms with Crippen molar-refractivity contribution in [3.8, 4) is 0 Å². The number of morpholine rings is 1. The summed E-state index contributed by atoms with van der Waals surface area (Å²) in [6.45, 7) is 6.82. The monoisotopic (exact) mass is 285 g/mol. The van der Waals surface area contributed by atoms with E-state index < -0.39 is 0 Å². The Kier molecular flexibility index (Phi) is 4.08. The number of nitrogens with one attached hydrogen (secondary N) is 1. The first kappa shape index (κ1) is 14.3. The van der Waals surface area contributed by atoms with Gasteiger partial charge in [0.25, 0.3) is 0 Å². The van der Waals surface area contributed by atoms with Crippen LogP contribution in [-0.2, 0) is 11.3 Å². The van der Waals surface area contributed by atoms with Crippen LogP contribution in [0.5, 0.6) is 0 Å². The molecule has 2 heterocycles. The van der Waals surface area contributed by atoms with Crippen molar-refractivity contribution in [2.75, 3.05) is 25.1 Å². The van der Waals surface area contributed by atoms with Crippen LogP contribution in [0.1, 0.15) is 19.4 Å². The first-order valence-corrected chi connectivity index (χ1v) is 7.60. The van der Waals surface area contributed by atoms with E-state index in [2.05, 4.69) is 48.3 Å². The van der Waals surface area contributed by atoms with Gasteiger partial charge in [0.2, 0.25) is 0 Å². The van der Waals surface area contributed by atoms with Crippen molar-refractivity contribution < 1.29 is 4.74 Å². The fourth-order valence-electron chi connectivity index (χ4n) is 2.94. The van der Waals surface area contributed by atoms with E-state index in [-0.39, 0.29) is 6.10 Å². The van der Waals surface area contributed by atoms with Crippen LogP contribution >= 0.6 is 0 Å². The maximum atomic E-state index is 5.73. The lowest BCUT2D eigenvalue weighted by atomic mass is 10.1. The SMILES string of the molecule is CNCc1cc(N2CC(C)OCC2C)nc2ccccc12. The second-order valence-corrected chi connectivity index (χ2v) is 5.83. The average molecular weight is 285 g/mol. The minimum atomic E-state index is 0.252. The molecule has 1 N–H and O–H groups in total. The molecule has 0 aliphatic carbocycles. The first-order chi connectivity index (χ1) is 10.2. The van der Waals surface area contributed by atoms with E-state index in [1.54, 1.807) is 0 Å². The van der Waals surface area contributed by atoms with Gasteiger partial charge in [0.1, 0.15) is 5.82 Å². The van der Waals surface area contributed by atoms with Gasteiger partial charge in [-0.25, -0.2) is 4.98 Å². The zero-order chi connectivity index (χ0) is 14.8. The maximum Gasteiger partial charge on any atom is 0.129 e. The van der Waals surface area contributed by atoms with E-state index in [9.17, 15) is 0 Å². The van der Waals surface area contributed by atoms with Crippen LogP contribution in [0.2, 0.25) is 0 Å². The van der Waals surface area contributed by atoms with Crippen LogP contribution in [0.3, 0.4) is 0 Å². The van der Waals surface area contributed by atoms with Gasteiger partial charge in [-0.05, 0) is 38.6 Å². The van der Waals surface area contributed by atoms with Gasteiger partial charge in [0, 0.05) is 18.5 Å². The van der Waals surface area contributed by atoms with E-state index in [0.29, 0.717) is 6.04 Å². The van der Waals surface area contributed by atoms with Crippen molar-refractivity contribution in [1.29, 1.82) is 0 Å². The highest BCUT2D eigenvalue weighted by atomic mass is 16.5. The maximum absolute atomic E-state index is 5.73. The molecule has 0 saturated carbocycles. The van der Waals surface area contributed by atoms with Gasteiger partial charge >= 0.3 is 0 Å². The van der Waals surface area contributed by atoms with Gasteiger partial charge in [0.15, 0.2) is 0 Å². The standard InChI is InChI=1S/C17H23N3O/c1-12-11-21-13(2)10-20(12)17-8-14(9-18-3)15-6-4-5-7-16(15)19-17/h4-8,12-13,18H,9-11H2,1-3H3. The number of pyridine rings is 1. The molecule has 1 aliphatic rings. The molecular weight excluding hydrogens is 262 g/mol. The Hall–Kier alpha value is -1.65. The third kappa shape index (κ3) is 2.87. The van der Waals surface area contributed by atoms with E-state index in [1.165, 1.54) is 10.9 Å². The smallest absolute Gasteiger partial charge is 0.129 e. The molecule has 2 aromatic rings. The zero-order valence-corrected chi connectivity index (χ0v) is 13.0. The highest BCUT2D eigenvalue weighted by Gasteiger charge is 2.25. The number of nitrogens with zero attached hydrogens (tertiary/aromatic N) is 2. The van der Waals surface area contributed by atoms with E-state index in [0.717, 1.165) is 31.0 Å². The van der Waals surface area contributed by atoms with Gasteiger partial charge in [-0.15, -0.1) is 0 Å². The Bertz CT molecular complexity index is 628. The third-order valence-corrected chi connectivity index (χ3v) is 4.06. The molecule has 1 aliphatic heterocycles. The lowest BCUT2D eigenvalue weighted by molar-refractivity contribution is 0.0340. The highest BCUT2D eigenvalue weighted by molar-refractivity contribution is 5.84. The molecule has 1 aromatic heterocycles. The molecule has 1 fully saturated rings. The molecule has 2 atom stereocenters. The largest absolute Gasteiger partial charge is 0.375 e. The fraction of sp³-hybridized carbons (Fsp3) is 0.471. The minimum absolute atomic E-state index is 0.252. The second kappa shape index (κ2) is 6.00. The van der Waals surface area contributed by atoms with Gasteiger partial charge in [-0.3, -0.25) is 0 Å². The van der Waals surface area contributed by atoms with Crippen molar-refractivity contribution in [2.45, 2.75) is 32.5 Å². The summed E-state index contributed by atoms with van der Waals surface area (Å²) in [6.07, 6.45) is 0.252. The van der Waals surface area contributed by atoms with Crippen LogP contribution in [0, 0.1) is 0 Å². The molecule has 4 nitrogen and oxygen atoms in total. The van der Waals surface area contributed by atoms with Crippen LogP contribution in [0.4, 0.5) is 5.82 Å². The summed E-state index contributed by atoms with van der Waals surface area (Å²) >= 11 is 0. The van der Waals surface area contributed by atoms with Crippen molar-refractivity contribution in [1.82, 2.24) is 10.3 Å². The Morgan fingerprint density at radius 3 is 2.95 bits per heavy atom. The summed E-state index contributed by atoms with van der Waals surface area (Å²) in [7, 11) is 1.98. The summed E-state index contributed by atoms with van der Waals surface area (Å²) in [5.74, 6) is 1.06. The number of anilines is 1. The molecular formula is C17H23N3O. The summed E-state index contributed by atoms with van der Waals surface area (Å²) < 4.78 is 5.73. The number of rotatable bonds is 3. The lowest BCUT2D eigenvalue weighted by Gasteiger charge is -2.38. The second-order valence-electron chi connectivity index (χ2n) is 5.83. The summed E-state index contributed by atoms with van der Waals surface area (Å²) in [5, 5.41) is 4.48. The zero-order valence-electron chi connectivity index (χ0n) is 13.0. The highest BCUT2D eigenvalue weighted by Crippen LogP contribution is 2.26. The van der Waals surface area contributed by atoms with Crippen LogP contribution in [-0.4, -0.2) is 37.3 Å². The predicted octanol–water partition coefficient (Wildman–Crippen LogP) is 2.57. The van der Waals surface area contributed by atoms with Crippen molar-refractivity contribution in [2.24, 2.45) is 0 Å². The molecule has 0 amide bonds. The number of para-hydroxylation sites is 1. The van der Waals surface area contributed by atoms with E-state index in [1.807, 2.05) is 13.1 Å². The fourth-order valence-corrected chi connectivity index (χ4v) is 2.94. The Morgan fingerprint density at radius 1 is 1.33 bits per heavy atom. The van der Waals surface area contributed by atoms with Gasteiger partial charge < -0.3 is 15.0 Å². The molecule has 0 spiro atoms. The van der Waals surface area contributed by atoms with Crippen molar-refractivity contribution in [3.63, 3.8) is 0 Å². The number of hydrogen-bond acceptors (Lipinski definition) is 4. The number of benzene rings is 1. The normalized spacial score (nSPS) is 22.7. The summed E-state index contributed by atoms with van der Waals surface area (Å²) in [6, 6.07) is 10.9. The number of aromatic nitrogens is 1. The summed E-state index contributed by atoms with van der Waals surface area (Å²) in [5.41, 5.74) is 2.36. The van der Waals surface area contributed by atoms with Crippen LogP contribution < -0.4 is 10.2 Å². The molecule has 3 rings (SSSR count). The number of fused-ring (bicyclic) bond motifs is 1. The topological polar surface area (TPSA) is 37.4 Å². The molecule has 4 heteroatoms.